The number of hydrogen-bond acceptors (Lipinski definition) is 2. The standard InChI is InChI=1S/C21H18ClFN2O/c22-18-7-3-16(4-8-18)20(17-5-9-19(23)10-6-17)12-21(26)25-14-15-2-1-11-24-13-15/h1-11,13,20H,12,14H2,(H,25,26). The zero-order chi connectivity index (χ0) is 18.4. The van der Waals surface area contributed by atoms with E-state index >= 15 is 0 Å². The molecule has 1 heterocycles. The van der Waals surface area contributed by atoms with E-state index in [4.69, 9.17) is 11.6 Å². The van der Waals surface area contributed by atoms with Gasteiger partial charge in [0.05, 0.1) is 0 Å². The number of halogens is 2. The Kier molecular flexibility index (Phi) is 5.97. The lowest BCUT2D eigenvalue weighted by atomic mass is 9.88. The van der Waals surface area contributed by atoms with Gasteiger partial charge in [0, 0.05) is 36.3 Å². The molecule has 0 saturated carbocycles. The first kappa shape index (κ1) is 18.1. The third-order valence-electron chi connectivity index (χ3n) is 4.15. The average Bonchev–Trinajstić information content (AvgIpc) is 2.67. The average molecular weight is 369 g/mol. The third kappa shape index (κ3) is 4.90. The molecule has 3 rings (SSSR count). The third-order valence-corrected chi connectivity index (χ3v) is 4.40. The second-order valence-corrected chi connectivity index (χ2v) is 6.43. The maximum absolute atomic E-state index is 13.3. The largest absolute Gasteiger partial charge is 0.352 e. The number of carbonyl (C=O) groups is 1. The zero-order valence-electron chi connectivity index (χ0n) is 14.0. The van der Waals surface area contributed by atoms with Gasteiger partial charge in [0.1, 0.15) is 5.82 Å². The lowest BCUT2D eigenvalue weighted by Crippen LogP contribution is -2.25. The molecule has 0 fully saturated rings. The van der Waals surface area contributed by atoms with E-state index in [-0.39, 0.29) is 24.1 Å². The van der Waals surface area contributed by atoms with Crippen LogP contribution in [-0.4, -0.2) is 10.9 Å². The molecule has 0 aliphatic heterocycles. The van der Waals surface area contributed by atoms with Gasteiger partial charge >= 0.3 is 0 Å². The number of nitrogens with zero attached hydrogens (tertiary/aromatic N) is 1. The number of rotatable bonds is 6. The summed E-state index contributed by atoms with van der Waals surface area (Å²) in [7, 11) is 0. The van der Waals surface area contributed by atoms with E-state index < -0.39 is 0 Å². The molecular weight excluding hydrogens is 351 g/mol. The summed E-state index contributed by atoms with van der Waals surface area (Å²) < 4.78 is 13.3. The van der Waals surface area contributed by atoms with Crippen LogP contribution < -0.4 is 5.32 Å². The van der Waals surface area contributed by atoms with E-state index in [1.165, 1.54) is 12.1 Å². The van der Waals surface area contributed by atoms with Gasteiger partial charge in [-0.05, 0) is 47.0 Å². The van der Waals surface area contributed by atoms with Gasteiger partial charge in [0.25, 0.3) is 0 Å². The number of amides is 1. The fourth-order valence-electron chi connectivity index (χ4n) is 2.78. The second kappa shape index (κ2) is 8.59. The monoisotopic (exact) mass is 368 g/mol. The molecule has 1 N–H and O–H groups in total. The van der Waals surface area contributed by atoms with Crippen molar-refractivity contribution in [2.24, 2.45) is 0 Å². The normalized spacial score (nSPS) is 11.8. The van der Waals surface area contributed by atoms with Gasteiger partial charge in [0.15, 0.2) is 0 Å². The van der Waals surface area contributed by atoms with Gasteiger partial charge < -0.3 is 5.32 Å². The van der Waals surface area contributed by atoms with Crippen LogP contribution in [-0.2, 0) is 11.3 Å². The Bertz CT molecular complexity index is 806. The second-order valence-electron chi connectivity index (χ2n) is 6.00. The SMILES string of the molecule is O=C(CC(c1ccc(F)cc1)c1ccc(Cl)cc1)NCc1cccnc1. The smallest absolute Gasteiger partial charge is 0.221 e. The minimum atomic E-state index is -0.301. The molecule has 5 heteroatoms. The Morgan fingerprint density at radius 1 is 1.04 bits per heavy atom. The summed E-state index contributed by atoms with van der Waals surface area (Å²) in [5, 5.41) is 3.54. The number of aromatic nitrogens is 1. The molecule has 0 saturated heterocycles. The summed E-state index contributed by atoms with van der Waals surface area (Å²) in [5.74, 6) is -0.565. The van der Waals surface area contributed by atoms with Crippen LogP contribution in [0.25, 0.3) is 0 Å². The first-order valence-corrected chi connectivity index (χ1v) is 8.66. The minimum Gasteiger partial charge on any atom is -0.352 e. The molecule has 3 aromatic rings. The van der Waals surface area contributed by atoms with E-state index in [1.807, 2.05) is 24.3 Å². The van der Waals surface area contributed by atoms with E-state index in [0.29, 0.717) is 11.6 Å². The summed E-state index contributed by atoms with van der Waals surface area (Å²) in [4.78, 5) is 16.5. The highest BCUT2D eigenvalue weighted by Crippen LogP contribution is 2.29. The van der Waals surface area contributed by atoms with Crippen LogP contribution in [0.3, 0.4) is 0 Å². The van der Waals surface area contributed by atoms with Gasteiger partial charge in [-0.1, -0.05) is 41.9 Å². The molecule has 1 aromatic heterocycles. The van der Waals surface area contributed by atoms with Crippen molar-refractivity contribution in [2.45, 2.75) is 18.9 Å². The predicted molar refractivity (Wildman–Crippen MR) is 100 cm³/mol. The highest BCUT2D eigenvalue weighted by molar-refractivity contribution is 6.30. The molecular formula is C21H18ClFN2O. The molecule has 0 aliphatic carbocycles. The number of hydrogen-bond donors (Lipinski definition) is 1. The van der Waals surface area contributed by atoms with Crippen LogP contribution in [0.1, 0.15) is 29.0 Å². The van der Waals surface area contributed by atoms with Crippen LogP contribution in [0.5, 0.6) is 0 Å². The highest BCUT2D eigenvalue weighted by Gasteiger charge is 2.18. The summed E-state index contributed by atoms with van der Waals surface area (Å²) in [6.07, 6.45) is 3.67. The van der Waals surface area contributed by atoms with Crippen molar-refractivity contribution < 1.29 is 9.18 Å². The number of pyridine rings is 1. The lowest BCUT2D eigenvalue weighted by molar-refractivity contribution is -0.121. The van der Waals surface area contributed by atoms with E-state index in [2.05, 4.69) is 10.3 Å². The quantitative estimate of drug-likeness (QED) is 0.684. The van der Waals surface area contributed by atoms with Crippen molar-refractivity contribution >= 4 is 17.5 Å². The van der Waals surface area contributed by atoms with Gasteiger partial charge in [-0.15, -0.1) is 0 Å². The Labute approximate surface area is 156 Å². The van der Waals surface area contributed by atoms with Crippen LogP contribution in [0.2, 0.25) is 5.02 Å². The minimum absolute atomic E-state index is 0.0851. The van der Waals surface area contributed by atoms with E-state index in [0.717, 1.165) is 16.7 Å². The topological polar surface area (TPSA) is 42.0 Å². The number of carbonyl (C=O) groups excluding carboxylic acids is 1. The molecule has 1 unspecified atom stereocenters. The maximum atomic E-state index is 13.3. The summed E-state index contributed by atoms with van der Waals surface area (Å²) in [5.41, 5.74) is 2.77. The van der Waals surface area contributed by atoms with Crippen molar-refractivity contribution in [3.8, 4) is 0 Å². The first-order chi connectivity index (χ1) is 12.6. The molecule has 0 radical (unpaired) electrons. The van der Waals surface area contributed by atoms with Gasteiger partial charge in [0.2, 0.25) is 5.91 Å². The molecule has 1 atom stereocenters. The zero-order valence-corrected chi connectivity index (χ0v) is 14.8. The molecule has 26 heavy (non-hydrogen) atoms. The Morgan fingerprint density at radius 2 is 1.69 bits per heavy atom. The Morgan fingerprint density at radius 3 is 2.31 bits per heavy atom. The van der Waals surface area contributed by atoms with Gasteiger partial charge in [-0.25, -0.2) is 4.39 Å². The first-order valence-electron chi connectivity index (χ1n) is 8.28. The van der Waals surface area contributed by atoms with E-state index in [1.54, 1.807) is 36.7 Å². The van der Waals surface area contributed by atoms with Gasteiger partial charge in [-0.3, -0.25) is 9.78 Å². The van der Waals surface area contributed by atoms with Crippen molar-refractivity contribution in [1.82, 2.24) is 10.3 Å². The van der Waals surface area contributed by atoms with Crippen LogP contribution >= 0.6 is 11.6 Å². The Balaban J connectivity index is 1.75. The highest BCUT2D eigenvalue weighted by atomic mass is 35.5. The predicted octanol–water partition coefficient (Wildman–Crippen LogP) is 4.71. The molecule has 2 aromatic carbocycles. The van der Waals surface area contributed by atoms with Crippen LogP contribution in [0.15, 0.2) is 73.1 Å². The lowest BCUT2D eigenvalue weighted by Gasteiger charge is -2.18. The summed E-state index contributed by atoms with van der Waals surface area (Å²) >= 11 is 5.97. The van der Waals surface area contributed by atoms with Gasteiger partial charge in [-0.2, -0.15) is 0 Å². The Hall–Kier alpha value is -2.72. The van der Waals surface area contributed by atoms with Crippen LogP contribution in [0, 0.1) is 5.82 Å². The van der Waals surface area contributed by atoms with E-state index in [9.17, 15) is 9.18 Å². The number of benzene rings is 2. The molecule has 1 amide bonds. The van der Waals surface area contributed by atoms with Crippen molar-refractivity contribution in [3.63, 3.8) is 0 Å². The molecule has 3 nitrogen and oxygen atoms in total. The summed E-state index contributed by atoms with van der Waals surface area (Å²) in [6.45, 7) is 0.420. The molecule has 0 aliphatic rings. The van der Waals surface area contributed by atoms with Crippen molar-refractivity contribution in [1.29, 1.82) is 0 Å². The van der Waals surface area contributed by atoms with Crippen molar-refractivity contribution in [3.05, 3.63) is 101 Å². The molecule has 132 valence electrons. The maximum Gasteiger partial charge on any atom is 0.221 e. The fraction of sp³-hybridized carbons (Fsp3) is 0.143. The summed E-state index contributed by atoms with van der Waals surface area (Å²) in [6, 6.07) is 17.3. The molecule has 0 spiro atoms. The molecule has 0 bridgehead atoms. The fourth-order valence-corrected chi connectivity index (χ4v) is 2.91. The number of nitrogens with one attached hydrogen (secondary N) is 1. The van der Waals surface area contributed by atoms with Crippen molar-refractivity contribution in [2.75, 3.05) is 0 Å². The van der Waals surface area contributed by atoms with Crippen LogP contribution in [0.4, 0.5) is 4.39 Å².